The second kappa shape index (κ2) is 13.6. The number of esters is 2. The number of ether oxygens (including phenoxy) is 5. The first-order chi connectivity index (χ1) is 25.6. The zero-order valence-corrected chi connectivity index (χ0v) is 30.3. The molecule has 7 atom stereocenters. The third-order valence-corrected chi connectivity index (χ3v) is 12.1. The molecule has 3 N–H and O–H groups in total. The monoisotopic (exact) mass is 738 g/mol. The minimum Gasteiger partial charge on any atom is -0.504 e. The number of fused-ring (bicyclic) bond motifs is 10. The molecule has 0 aliphatic carbocycles. The lowest BCUT2D eigenvalue weighted by atomic mass is 9.72. The van der Waals surface area contributed by atoms with Gasteiger partial charge in [-0.25, -0.2) is 4.79 Å². The number of hydrogen-bond acceptors (Lipinski definition) is 13. The van der Waals surface area contributed by atoms with Crippen molar-refractivity contribution >= 4 is 35.7 Å². The SMILES string of the molecule is COc1c(C)cc2c(c1O)[C@H]1N[C@H](C2)[C@H](C#N)N2C1[C@@H]1SC[C@H](NC(=O)/C=C/c3ccccc3)C(=O)OC[C@H]2c2c3c(c(C)c(OC(C)=O)c21)OCO3. The number of nitriles is 1. The lowest BCUT2D eigenvalue weighted by molar-refractivity contribution is -0.150. The van der Waals surface area contributed by atoms with Crippen LogP contribution < -0.4 is 29.6 Å². The molecule has 9 rings (SSSR count). The average Bonchev–Trinajstić information content (AvgIpc) is 3.64. The second-order valence-electron chi connectivity index (χ2n) is 13.8. The maximum atomic E-state index is 13.8. The van der Waals surface area contributed by atoms with Gasteiger partial charge in [0.1, 0.15) is 24.4 Å². The minimum atomic E-state index is -1.04. The van der Waals surface area contributed by atoms with E-state index in [-0.39, 0.29) is 30.9 Å². The van der Waals surface area contributed by atoms with Crippen LogP contribution in [-0.4, -0.2) is 78.3 Å². The predicted octanol–water partition coefficient (Wildman–Crippen LogP) is 4.09. The molecular formula is C39H38N4O9S. The van der Waals surface area contributed by atoms with Gasteiger partial charge in [0, 0.05) is 53.1 Å². The Hall–Kier alpha value is -5.23. The summed E-state index contributed by atoms with van der Waals surface area (Å²) >= 11 is 1.37. The molecule has 4 bridgehead atoms. The molecule has 6 aliphatic heterocycles. The zero-order chi connectivity index (χ0) is 37.1. The minimum absolute atomic E-state index is 0.0100. The largest absolute Gasteiger partial charge is 0.504 e. The summed E-state index contributed by atoms with van der Waals surface area (Å²) in [4.78, 5) is 41.8. The number of rotatable bonds is 5. The fourth-order valence-electron chi connectivity index (χ4n) is 8.63. The van der Waals surface area contributed by atoms with Gasteiger partial charge in [0.25, 0.3) is 0 Å². The van der Waals surface area contributed by atoms with Crippen molar-refractivity contribution in [2.75, 3.05) is 26.3 Å². The molecular weight excluding hydrogens is 701 g/mol. The number of carbonyl (C=O) groups excluding carboxylic acids is 3. The molecule has 6 heterocycles. The standard InChI is InChI=1S/C39H38N4O9S/c1-18-12-22-13-23-25(14-40)43-26-15-49-39(47)24(41-27(45)11-10-21-8-6-5-7-9-21)16-53-38(32(43)31(42-23)28(22)33(46)34(18)48-4)30-29(26)37-36(50-17-51-37)19(2)35(30)52-20(3)44/h5-12,23-26,31-32,38,42,46H,13,15-17H2,1-4H3,(H,41,45)/b11-10+/t23-,24+,25+,26+,31-,32?,38-/m1/s1. The number of nitrogens with zero attached hydrogens (tertiary/aromatic N) is 2. The molecule has 0 saturated carbocycles. The number of thioether (sulfide) groups is 1. The Balaban J connectivity index is 1.30. The Labute approximate surface area is 310 Å². The Morgan fingerprint density at radius 1 is 1.11 bits per heavy atom. The lowest BCUT2D eigenvalue weighted by Crippen LogP contribution is -2.69. The van der Waals surface area contributed by atoms with Crippen molar-refractivity contribution in [1.82, 2.24) is 15.5 Å². The first-order valence-corrected chi connectivity index (χ1v) is 18.4. The molecule has 0 aromatic heterocycles. The summed E-state index contributed by atoms with van der Waals surface area (Å²) in [7, 11) is 1.51. The van der Waals surface area contributed by atoms with Crippen molar-refractivity contribution < 1.29 is 43.2 Å². The van der Waals surface area contributed by atoms with E-state index in [9.17, 15) is 24.8 Å². The molecule has 3 aromatic rings. The van der Waals surface area contributed by atoms with Crippen LogP contribution in [0.25, 0.3) is 6.08 Å². The summed E-state index contributed by atoms with van der Waals surface area (Å²) in [5.74, 6) is -0.0449. The van der Waals surface area contributed by atoms with Crippen molar-refractivity contribution in [2.45, 2.75) is 68.7 Å². The van der Waals surface area contributed by atoms with Gasteiger partial charge in [0.2, 0.25) is 12.7 Å². The third kappa shape index (κ3) is 5.74. The Morgan fingerprint density at radius 2 is 1.89 bits per heavy atom. The van der Waals surface area contributed by atoms with Crippen molar-refractivity contribution in [3.8, 4) is 34.8 Å². The van der Waals surface area contributed by atoms with Gasteiger partial charge in [-0.05, 0) is 43.0 Å². The van der Waals surface area contributed by atoms with Crippen molar-refractivity contribution in [3.05, 3.63) is 81.4 Å². The number of piperazine rings is 1. The number of carbonyl (C=O) groups is 3. The van der Waals surface area contributed by atoms with Crippen molar-refractivity contribution in [1.29, 1.82) is 5.26 Å². The van der Waals surface area contributed by atoms with Crippen LogP contribution in [0.15, 0.2) is 42.5 Å². The van der Waals surface area contributed by atoms with Crippen LogP contribution >= 0.6 is 11.8 Å². The van der Waals surface area contributed by atoms with E-state index < -0.39 is 53.3 Å². The summed E-state index contributed by atoms with van der Waals surface area (Å²) in [6, 6.07) is 9.93. The number of nitrogens with one attached hydrogen (secondary N) is 2. The number of benzene rings is 3. The molecule has 0 radical (unpaired) electrons. The van der Waals surface area contributed by atoms with Crippen LogP contribution in [0.3, 0.4) is 0 Å². The van der Waals surface area contributed by atoms with Gasteiger partial charge < -0.3 is 39.4 Å². The number of phenols is 1. The van der Waals surface area contributed by atoms with Gasteiger partial charge in [-0.3, -0.25) is 14.5 Å². The predicted molar refractivity (Wildman–Crippen MR) is 193 cm³/mol. The smallest absolute Gasteiger partial charge is 0.329 e. The molecule has 2 saturated heterocycles. The van der Waals surface area contributed by atoms with Crippen LogP contribution in [0.1, 0.15) is 63.2 Å². The highest BCUT2D eigenvalue weighted by molar-refractivity contribution is 7.99. The molecule has 0 spiro atoms. The number of aryl methyl sites for hydroxylation is 1. The highest BCUT2D eigenvalue weighted by Crippen LogP contribution is 2.62. The van der Waals surface area contributed by atoms with E-state index in [4.69, 9.17) is 23.7 Å². The maximum Gasteiger partial charge on any atom is 0.329 e. The van der Waals surface area contributed by atoms with E-state index in [2.05, 4.69) is 21.6 Å². The van der Waals surface area contributed by atoms with Gasteiger partial charge in [-0.1, -0.05) is 36.4 Å². The van der Waals surface area contributed by atoms with E-state index in [1.165, 1.54) is 31.9 Å². The average molecular weight is 739 g/mol. The maximum absolute atomic E-state index is 13.8. The highest BCUT2D eigenvalue weighted by atomic mass is 32.2. The molecule has 274 valence electrons. The van der Waals surface area contributed by atoms with Crippen molar-refractivity contribution in [3.63, 3.8) is 0 Å². The van der Waals surface area contributed by atoms with E-state index in [1.54, 1.807) is 13.0 Å². The van der Waals surface area contributed by atoms with Gasteiger partial charge >= 0.3 is 11.9 Å². The van der Waals surface area contributed by atoms with Gasteiger partial charge in [0.05, 0.1) is 30.5 Å². The van der Waals surface area contributed by atoms with Crippen LogP contribution in [0, 0.1) is 25.2 Å². The number of aromatic hydroxyl groups is 1. The lowest BCUT2D eigenvalue weighted by Gasteiger charge is -2.59. The van der Waals surface area contributed by atoms with Gasteiger partial charge in [0.15, 0.2) is 23.0 Å². The quantitative estimate of drug-likeness (QED) is 0.195. The van der Waals surface area contributed by atoms with Gasteiger partial charge in [-0.2, -0.15) is 5.26 Å². The summed E-state index contributed by atoms with van der Waals surface area (Å²) in [6.07, 6.45) is 3.49. The number of hydrogen-bond donors (Lipinski definition) is 3. The number of amides is 1. The summed E-state index contributed by atoms with van der Waals surface area (Å²) in [6.45, 7) is 4.72. The van der Waals surface area contributed by atoms with E-state index in [0.717, 1.165) is 16.7 Å². The molecule has 13 nitrogen and oxygen atoms in total. The highest BCUT2D eigenvalue weighted by Gasteiger charge is 2.59. The molecule has 3 aromatic carbocycles. The molecule has 6 aliphatic rings. The molecule has 2 fully saturated rings. The first-order valence-electron chi connectivity index (χ1n) is 17.4. The van der Waals surface area contributed by atoms with Crippen molar-refractivity contribution in [2.24, 2.45) is 0 Å². The van der Waals surface area contributed by atoms with E-state index >= 15 is 0 Å². The second-order valence-corrected chi connectivity index (χ2v) is 14.9. The fourth-order valence-corrected chi connectivity index (χ4v) is 10.1. The number of phenolic OH excluding ortho intramolecular Hbond substituents is 1. The molecule has 53 heavy (non-hydrogen) atoms. The summed E-state index contributed by atoms with van der Waals surface area (Å²) in [5.41, 5.74) is 4.97. The molecule has 1 unspecified atom stereocenters. The molecule has 14 heteroatoms. The Bertz CT molecular complexity index is 2100. The Morgan fingerprint density at radius 3 is 2.62 bits per heavy atom. The Kier molecular flexibility index (Phi) is 8.96. The first kappa shape index (κ1) is 34.8. The van der Waals surface area contributed by atoms with Gasteiger partial charge in [-0.15, -0.1) is 11.8 Å². The fraction of sp³-hybridized carbons (Fsp3) is 0.385. The molecule has 1 amide bonds. The van der Waals surface area contributed by atoms with Crippen LogP contribution in [-0.2, 0) is 25.5 Å². The van der Waals surface area contributed by atoms with E-state index in [1.807, 2.05) is 43.3 Å². The third-order valence-electron chi connectivity index (χ3n) is 10.7. The topological polar surface area (TPSA) is 169 Å². The zero-order valence-electron chi connectivity index (χ0n) is 29.5. The van der Waals surface area contributed by atoms with Crippen LogP contribution in [0.5, 0.6) is 28.7 Å². The van der Waals surface area contributed by atoms with Crippen LogP contribution in [0.4, 0.5) is 0 Å². The summed E-state index contributed by atoms with van der Waals surface area (Å²) < 4.78 is 29.8. The normalized spacial score (nSPS) is 26.8. The number of methoxy groups -OCH3 is 1. The van der Waals surface area contributed by atoms with Crippen LogP contribution in [0.2, 0.25) is 0 Å². The van der Waals surface area contributed by atoms with E-state index in [0.29, 0.717) is 51.7 Å². The summed E-state index contributed by atoms with van der Waals surface area (Å²) in [5, 5.41) is 28.6.